The molecule has 1 amide bonds. The van der Waals surface area contributed by atoms with Crippen LogP contribution < -0.4 is 19.7 Å². The standard InChI is InChI=1S/C19H25N3O4S/c1-5-22(6-2)16-9-7-15(8-10-16)21-27(24,25)17-11-12-19(26-4)18(13-17)20-14(3)23/h7-13,21H,5-6H2,1-4H3,(H,20,23). The minimum absolute atomic E-state index is 0.0277. The molecule has 0 heterocycles. The minimum atomic E-state index is -3.81. The van der Waals surface area contributed by atoms with Crippen molar-refractivity contribution < 1.29 is 17.9 Å². The van der Waals surface area contributed by atoms with E-state index in [0.717, 1.165) is 18.8 Å². The highest BCUT2D eigenvalue weighted by Gasteiger charge is 2.17. The van der Waals surface area contributed by atoms with Gasteiger partial charge in [0, 0.05) is 31.4 Å². The van der Waals surface area contributed by atoms with E-state index < -0.39 is 10.0 Å². The van der Waals surface area contributed by atoms with Gasteiger partial charge in [0.15, 0.2) is 0 Å². The van der Waals surface area contributed by atoms with Gasteiger partial charge < -0.3 is 15.0 Å². The lowest BCUT2D eigenvalue weighted by Gasteiger charge is -2.21. The first-order valence-corrected chi connectivity index (χ1v) is 10.1. The fraction of sp³-hybridized carbons (Fsp3) is 0.316. The number of benzene rings is 2. The fourth-order valence-corrected chi connectivity index (χ4v) is 3.77. The number of hydrogen-bond acceptors (Lipinski definition) is 5. The number of ether oxygens (including phenoxy) is 1. The van der Waals surface area contributed by atoms with Gasteiger partial charge in [-0.05, 0) is 56.3 Å². The summed E-state index contributed by atoms with van der Waals surface area (Å²) in [7, 11) is -2.36. The van der Waals surface area contributed by atoms with Crippen LogP contribution in [0.25, 0.3) is 0 Å². The second-order valence-electron chi connectivity index (χ2n) is 5.87. The SMILES string of the molecule is CCN(CC)c1ccc(NS(=O)(=O)c2ccc(OC)c(NC(C)=O)c2)cc1. The van der Waals surface area contributed by atoms with Crippen LogP contribution in [-0.2, 0) is 14.8 Å². The minimum Gasteiger partial charge on any atom is -0.495 e. The van der Waals surface area contributed by atoms with Crippen molar-refractivity contribution in [2.24, 2.45) is 0 Å². The number of amides is 1. The lowest BCUT2D eigenvalue weighted by Crippen LogP contribution is -2.21. The second-order valence-corrected chi connectivity index (χ2v) is 7.55. The molecule has 7 nitrogen and oxygen atoms in total. The van der Waals surface area contributed by atoms with Crippen LogP contribution in [0.5, 0.6) is 5.75 Å². The van der Waals surface area contributed by atoms with Crippen molar-refractivity contribution >= 4 is 33.0 Å². The fourth-order valence-electron chi connectivity index (χ4n) is 2.68. The molecule has 0 saturated heterocycles. The smallest absolute Gasteiger partial charge is 0.261 e. The molecule has 2 N–H and O–H groups in total. The van der Waals surface area contributed by atoms with Gasteiger partial charge in [-0.15, -0.1) is 0 Å². The van der Waals surface area contributed by atoms with Crippen LogP contribution in [0.15, 0.2) is 47.4 Å². The van der Waals surface area contributed by atoms with Gasteiger partial charge in [-0.1, -0.05) is 0 Å². The number of carbonyl (C=O) groups is 1. The molecule has 146 valence electrons. The summed E-state index contributed by atoms with van der Waals surface area (Å²) in [5, 5.41) is 2.57. The van der Waals surface area contributed by atoms with Crippen molar-refractivity contribution in [1.29, 1.82) is 0 Å². The first-order valence-electron chi connectivity index (χ1n) is 8.64. The van der Waals surface area contributed by atoms with Crippen molar-refractivity contribution in [3.8, 4) is 5.75 Å². The first kappa shape index (κ1) is 20.6. The van der Waals surface area contributed by atoms with Crippen LogP contribution in [0.3, 0.4) is 0 Å². The van der Waals surface area contributed by atoms with Crippen LogP contribution in [0.4, 0.5) is 17.1 Å². The van der Waals surface area contributed by atoms with Crippen molar-refractivity contribution in [2.75, 3.05) is 35.1 Å². The number of hydrogen-bond donors (Lipinski definition) is 2. The highest BCUT2D eigenvalue weighted by molar-refractivity contribution is 7.92. The number of rotatable bonds is 8. The Hall–Kier alpha value is -2.74. The molecular weight excluding hydrogens is 366 g/mol. The number of nitrogens with one attached hydrogen (secondary N) is 2. The van der Waals surface area contributed by atoms with Crippen LogP contribution in [0.1, 0.15) is 20.8 Å². The summed E-state index contributed by atoms with van der Waals surface area (Å²) in [5.41, 5.74) is 1.79. The van der Waals surface area contributed by atoms with Gasteiger partial charge in [-0.3, -0.25) is 9.52 Å². The molecule has 2 aromatic rings. The molecule has 27 heavy (non-hydrogen) atoms. The van der Waals surface area contributed by atoms with Gasteiger partial charge in [-0.25, -0.2) is 8.42 Å². The lowest BCUT2D eigenvalue weighted by molar-refractivity contribution is -0.114. The molecular formula is C19H25N3O4S. The maximum absolute atomic E-state index is 12.7. The molecule has 0 unspecified atom stereocenters. The third-order valence-corrected chi connectivity index (χ3v) is 5.42. The molecule has 0 atom stereocenters. The molecule has 0 spiro atoms. The summed E-state index contributed by atoms with van der Waals surface area (Å²) in [5.74, 6) is 0.0653. The van der Waals surface area contributed by atoms with E-state index in [1.165, 1.54) is 32.2 Å². The summed E-state index contributed by atoms with van der Waals surface area (Å²) >= 11 is 0. The molecule has 0 aromatic heterocycles. The quantitative estimate of drug-likeness (QED) is 0.721. The Bertz CT molecular complexity index is 892. The van der Waals surface area contributed by atoms with Gasteiger partial charge in [0.2, 0.25) is 5.91 Å². The maximum atomic E-state index is 12.7. The molecule has 0 aliphatic carbocycles. The summed E-state index contributed by atoms with van der Waals surface area (Å²) in [6.45, 7) is 7.22. The Morgan fingerprint density at radius 2 is 1.70 bits per heavy atom. The molecule has 0 radical (unpaired) electrons. The zero-order chi connectivity index (χ0) is 20.0. The predicted molar refractivity (Wildman–Crippen MR) is 108 cm³/mol. The van der Waals surface area contributed by atoms with E-state index in [2.05, 4.69) is 28.8 Å². The molecule has 2 aromatic carbocycles. The van der Waals surface area contributed by atoms with Gasteiger partial charge >= 0.3 is 0 Å². The highest BCUT2D eigenvalue weighted by atomic mass is 32.2. The molecule has 0 fully saturated rings. The summed E-state index contributed by atoms with van der Waals surface area (Å²) in [4.78, 5) is 13.5. The number of methoxy groups -OCH3 is 1. The Morgan fingerprint density at radius 3 is 2.22 bits per heavy atom. The van der Waals surface area contributed by atoms with Gasteiger partial charge in [0.05, 0.1) is 17.7 Å². The van der Waals surface area contributed by atoms with Crippen molar-refractivity contribution in [3.05, 3.63) is 42.5 Å². The van der Waals surface area contributed by atoms with Crippen LogP contribution in [-0.4, -0.2) is 34.5 Å². The van der Waals surface area contributed by atoms with E-state index >= 15 is 0 Å². The zero-order valence-corrected chi connectivity index (χ0v) is 16.8. The second kappa shape index (κ2) is 8.77. The van der Waals surface area contributed by atoms with Gasteiger partial charge in [0.1, 0.15) is 5.75 Å². The van der Waals surface area contributed by atoms with Crippen molar-refractivity contribution in [3.63, 3.8) is 0 Å². The Morgan fingerprint density at radius 1 is 1.07 bits per heavy atom. The predicted octanol–water partition coefficient (Wildman–Crippen LogP) is 3.30. The molecule has 8 heteroatoms. The van der Waals surface area contributed by atoms with Gasteiger partial charge in [0.25, 0.3) is 10.0 Å². The molecule has 2 rings (SSSR count). The van der Waals surface area contributed by atoms with Gasteiger partial charge in [-0.2, -0.15) is 0 Å². The van der Waals surface area contributed by atoms with E-state index in [4.69, 9.17) is 4.74 Å². The zero-order valence-electron chi connectivity index (χ0n) is 15.9. The van der Waals surface area contributed by atoms with E-state index in [9.17, 15) is 13.2 Å². The Balaban J connectivity index is 2.27. The summed E-state index contributed by atoms with van der Waals surface area (Å²) in [6.07, 6.45) is 0. The molecule has 0 aliphatic rings. The third-order valence-electron chi connectivity index (χ3n) is 4.04. The van der Waals surface area contributed by atoms with E-state index in [-0.39, 0.29) is 10.8 Å². The monoisotopic (exact) mass is 391 g/mol. The number of nitrogens with zero attached hydrogens (tertiary/aromatic N) is 1. The largest absolute Gasteiger partial charge is 0.495 e. The van der Waals surface area contributed by atoms with E-state index in [1.807, 2.05) is 12.1 Å². The topological polar surface area (TPSA) is 87.7 Å². The maximum Gasteiger partial charge on any atom is 0.261 e. The third kappa shape index (κ3) is 5.13. The van der Waals surface area contributed by atoms with Crippen LogP contribution in [0, 0.1) is 0 Å². The van der Waals surface area contributed by atoms with Crippen LogP contribution in [0.2, 0.25) is 0 Å². The average molecular weight is 391 g/mol. The molecule has 0 bridgehead atoms. The molecule has 0 aliphatic heterocycles. The van der Waals surface area contributed by atoms with Crippen molar-refractivity contribution in [1.82, 2.24) is 0 Å². The normalized spacial score (nSPS) is 11.0. The number of sulfonamides is 1. The Kier molecular flexibility index (Phi) is 6.68. The van der Waals surface area contributed by atoms with E-state index in [0.29, 0.717) is 17.1 Å². The summed E-state index contributed by atoms with van der Waals surface area (Å²) < 4.78 is 33.1. The number of anilines is 3. The lowest BCUT2D eigenvalue weighted by atomic mass is 10.2. The summed E-state index contributed by atoms with van der Waals surface area (Å²) in [6, 6.07) is 11.5. The first-order chi connectivity index (χ1) is 12.8. The number of carbonyl (C=O) groups excluding carboxylic acids is 1. The average Bonchev–Trinajstić information content (AvgIpc) is 2.63. The van der Waals surface area contributed by atoms with Crippen LogP contribution >= 0.6 is 0 Å². The highest BCUT2D eigenvalue weighted by Crippen LogP contribution is 2.28. The molecule has 0 saturated carbocycles. The van der Waals surface area contributed by atoms with E-state index in [1.54, 1.807) is 12.1 Å². The van der Waals surface area contributed by atoms with Crippen molar-refractivity contribution in [2.45, 2.75) is 25.7 Å². The Labute approximate surface area is 160 Å².